The number of ether oxygens (including phenoxy) is 4. The third-order valence-corrected chi connectivity index (χ3v) is 17.7. The largest absolute Gasteiger partial charge is 0.475 e. The molecule has 424 valence electrons. The molecule has 0 aliphatic carbocycles. The number of hydrogen-bond acceptors (Lipinski definition) is 21. The van der Waals surface area contributed by atoms with Crippen molar-refractivity contribution in [2.24, 2.45) is 0 Å². The van der Waals surface area contributed by atoms with Gasteiger partial charge in [-0.05, 0) is 56.8 Å². The first-order chi connectivity index (χ1) is 37.7. The topological polar surface area (TPSA) is 334 Å². The highest BCUT2D eigenvalue weighted by atomic mass is 32.7. The maximum absolute atomic E-state index is 14.9. The number of aromatic amines is 2. The molecule has 4 aromatic rings. The highest BCUT2D eigenvalue weighted by Gasteiger charge is 2.48. The Bertz CT molecular complexity index is 3360. The van der Waals surface area contributed by atoms with Crippen molar-refractivity contribution in [3.63, 3.8) is 0 Å². The Hall–Kier alpha value is -6.46. The van der Waals surface area contributed by atoms with Gasteiger partial charge < -0.3 is 38.7 Å². The lowest BCUT2D eigenvalue weighted by Crippen LogP contribution is -2.33. The van der Waals surface area contributed by atoms with Gasteiger partial charge in [-0.2, -0.15) is 4.98 Å². The van der Waals surface area contributed by atoms with Crippen LogP contribution in [-0.4, -0.2) is 122 Å². The zero-order chi connectivity index (χ0) is 57.0. The number of amides is 1. The number of H-pyrrole nitrogens is 2. The standard InChI is InChI=1S/C48H57N9O19P2S/c1-7-32-34(22-39(71-32)55-18-15-38(52-46(55)63)51-45(62)31-11-9-8-10-12-31)76-78(67,79-20-17-50-6)70-27-37-35(23-41(73-37)57-25-29(3)44(61)54-48(57)65)75-77(66,68-19-16-49-5)69-26-36-33(74-42(59)14-13-30(4)58)21-40(72-36)56-24-28(2)43(60)53-47(56)64/h8-12,15,18,24-25,32-37,39-41H,7,13-14,16-17,19-23,26-27H2,1-4H3,(H,53,60,64)(H,54,61,65)(H,51,52,62,63)/t32-,33-,34-,35-,36-,37-,39-,40-,41-,77?,78?/m1/s1. The normalized spacial score (nSPS) is 24.2. The minimum absolute atomic E-state index is 0.0111. The Morgan fingerprint density at radius 1 is 0.759 bits per heavy atom. The summed E-state index contributed by atoms with van der Waals surface area (Å²) in [5.41, 5.74) is -3.23. The predicted octanol–water partition coefficient (Wildman–Crippen LogP) is 4.37. The maximum Gasteiger partial charge on any atom is 0.475 e. The van der Waals surface area contributed by atoms with Gasteiger partial charge in [0.25, 0.3) is 17.0 Å². The molecule has 28 nitrogen and oxygen atoms in total. The number of phosphoric ester groups is 1. The Kier molecular flexibility index (Phi) is 20.7. The number of phosphoric acid groups is 1. The van der Waals surface area contributed by atoms with Crippen LogP contribution in [-0.2, 0) is 60.3 Å². The number of carbonyl (C=O) groups is 3. The molecular formula is C48H57N9O19P2S. The number of rotatable bonds is 26. The second-order valence-corrected chi connectivity index (χ2v) is 24.0. The van der Waals surface area contributed by atoms with E-state index in [9.17, 15) is 47.5 Å². The summed E-state index contributed by atoms with van der Waals surface area (Å²) in [7, 11) is -4.94. The van der Waals surface area contributed by atoms with Crippen molar-refractivity contribution in [3.8, 4) is 0 Å². The van der Waals surface area contributed by atoms with Crippen LogP contribution < -0.4 is 33.5 Å². The molecule has 3 aliphatic heterocycles. The fourth-order valence-electron chi connectivity index (χ4n) is 8.46. The number of hydrogen-bond donors (Lipinski definition) is 3. The van der Waals surface area contributed by atoms with Gasteiger partial charge in [0.2, 0.25) is 13.1 Å². The summed E-state index contributed by atoms with van der Waals surface area (Å²) in [6, 6.07) is 9.72. The Balaban J connectivity index is 1.12. The quantitative estimate of drug-likeness (QED) is 0.0340. The van der Waals surface area contributed by atoms with Gasteiger partial charge in [-0.3, -0.25) is 65.5 Å². The summed E-state index contributed by atoms with van der Waals surface area (Å²) in [6.45, 7) is 13.9. The molecular weight excluding hydrogens is 1100 g/mol. The number of esters is 1. The van der Waals surface area contributed by atoms with E-state index in [2.05, 4.69) is 30.0 Å². The zero-order valence-electron chi connectivity index (χ0n) is 43.1. The van der Waals surface area contributed by atoms with Crippen LogP contribution in [0.5, 0.6) is 0 Å². The summed E-state index contributed by atoms with van der Waals surface area (Å²) in [4.78, 5) is 116. The van der Waals surface area contributed by atoms with Crippen molar-refractivity contribution in [3.05, 3.63) is 147 Å². The molecule has 3 saturated heterocycles. The van der Waals surface area contributed by atoms with Crippen molar-refractivity contribution in [1.82, 2.24) is 28.7 Å². The van der Waals surface area contributed by atoms with Gasteiger partial charge in [0.05, 0.1) is 37.6 Å². The zero-order valence-corrected chi connectivity index (χ0v) is 45.7. The van der Waals surface area contributed by atoms with E-state index < -0.39 is 130 Å². The van der Waals surface area contributed by atoms with Gasteiger partial charge in [-0.25, -0.2) is 36.7 Å². The molecule has 0 radical (unpaired) electrons. The predicted molar refractivity (Wildman–Crippen MR) is 279 cm³/mol. The molecule has 79 heavy (non-hydrogen) atoms. The van der Waals surface area contributed by atoms with E-state index in [-0.39, 0.29) is 73.7 Å². The fraction of sp³-hybridized carbons (Fsp3) is 0.521. The molecule has 3 N–H and O–H groups in total. The van der Waals surface area contributed by atoms with Crippen molar-refractivity contribution in [1.29, 1.82) is 0 Å². The van der Waals surface area contributed by atoms with Gasteiger partial charge >= 0.3 is 37.7 Å². The highest BCUT2D eigenvalue weighted by molar-refractivity contribution is 8.55. The number of nitrogens with zero attached hydrogens (tertiary/aromatic N) is 6. The fourth-order valence-corrected chi connectivity index (χ4v) is 13.2. The Morgan fingerprint density at radius 3 is 1.92 bits per heavy atom. The molecule has 31 heteroatoms. The number of aryl methyl sites for hydroxylation is 2. The minimum atomic E-state index is -4.94. The highest BCUT2D eigenvalue weighted by Crippen LogP contribution is 2.63. The lowest BCUT2D eigenvalue weighted by Gasteiger charge is -2.27. The van der Waals surface area contributed by atoms with Gasteiger partial charge in [-0.1, -0.05) is 25.1 Å². The second kappa shape index (κ2) is 27.1. The second-order valence-electron chi connectivity index (χ2n) is 18.2. The summed E-state index contributed by atoms with van der Waals surface area (Å²) >= 11 is 0.692. The Labute approximate surface area is 453 Å². The van der Waals surface area contributed by atoms with E-state index in [0.29, 0.717) is 23.4 Å². The van der Waals surface area contributed by atoms with Gasteiger partial charge in [0.15, 0.2) is 0 Å². The first-order valence-electron chi connectivity index (χ1n) is 24.8. The molecule has 11 atom stereocenters. The average molecular weight is 1160 g/mol. The van der Waals surface area contributed by atoms with Crippen LogP contribution in [0, 0.1) is 27.0 Å². The third kappa shape index (κ3) is 15.9. The van der Waals surface area contributed by atoms with Gasteiger partial charge in [-0.15, -0.1) is 0 Å². The summed E-state index contributed by atoms with van der Waals surface area (Å²) < 4.78 is 87.3. The molecule has 1 amide bonds. The number of ketones is 1. The average Bonchev–Trinajstić information content (AvgIpc) is 4.19. The lowest BCUT2D eigenvalue weighted by molar-refractivity contribution is -0.153. The van der Waals surface area contributed by atoms with Crippen LogP contribution >= 0.6 is 26.0 Å². The number of aromatic nitrogens is 6. The van der Waals surface area contributed by atoms with Crippen LogP contribution in [0.1, 0.15) is 92.5 Å². The summed E-state index contributed by atoms with van der Waals surface area (Å²) in [6.07, 6.45) is -7.33. The smallest absolute Gasteiger partial charge is 0.459 e. The van der Waals surface area contributed by atoms with E-state index in [4.69, 9.17) is 54.7 Å². The summed E-state index contributed by atoms with van der Waals surface area (Å²) in [5, 5.41) is 2.58. The van der Waals surface area contributed by atoms with Crippen LogP contribution in [0.25, 0.3) is 9.69 Å². The molecule has 0 bridgehead atoms. The Morgan fingerprint density at radius 2 is 1.33 bits per heavy atom. The molecule has 0 spiro atoms. The lowest BCUT2D eigenvalue weighted by atomic mass is 10.1. The number of Topliss-reactive ketones (excluding diaryl/α,β-unsaturated/α-hetero) is 1. The van der Waals surface area contributed by atoms with E-state index in [1.165, 1.54) is 50.0 Å². The molecule has 3 aliphatic rings. The van der Waals surface area contributed by atoms with Crippen molar-refractivity contribution in [2.75, 3.05) is 44.0 Å². The van der Waals surface area contributed by atoms with Crippen molar-refractivity contribution < 1.29 is 65.1 Å². The monoisotopic (exact) mass is 1160 g/mol. The number of nitrogens with one attached hydrogen (secondary N) is 3. The number of carbonyl (C=O) groups excluding carboxylic acids is 3. The molecule has 0 saturated carbocycles. The molecule has 6 heterocycles. The van der Waals surface area contributed by atoms with Crippen LogP contribution in [0.4, 0.5) is 5.82 Å². The van der Waals surface area contributed by atoms with Crippen LogP contribution in [0.3, 0.4) is 0 Å². The van der Waals surface area contributed by atoms with Crippen molar-refractivity contribution >= 4 is 49.5 Å². The minimum Gasteiger partial charge on any atom is -0.459 e. The van der Waals surface area contributed by atoms with Crippen LogP contribution in [0.15, 0.2) is 79.0 Å². The first-order valence-corrected chi connectivity index (χ1v) is 29.4. The first kappa shape index (κ1) is 60.2. The molecule has 3 aromatic heterocycles. The van der Waals surface area contributed by atoms with E-state index in [1.54, 1.807) is 37.3 Å². The summed E-state index contributed by atoms with van der Waals surface area (Å²) in [5.74, 6) is -1.63. The van der Waals surface area contributed by atoms with E-state index in [0.717, 1.165) is 9.13 Å². The number of anilines is 1. The van der Waals surface area contributed by atoms with Crippen molar-refractivity contribution in [2.45, 2.75) is 122 Å². The molecule has 3 fully saturated rings. The van der Waals surface area contributed by atoms with E-state index >= 15 is 0 Å². The molecule has 7 rings (SSSR count). The molecule has 1 aromatic carbocycles. The van der Waals surface area contributed by atoms with Gasteiger partial charge in [0.1, 0.15) is 61.3 Å². The maximum atomic E-state index is 14.9. The van der Waals surface area contributed by atoms with Crippen LogP contribution in [0.2, 0.25) is 0 Å². The van der Waals surface area contributed by atoms with Gasteiger partial charge in [0, 0.05) is 61.0 Å². The SMILES string of the molecule is [C-]#[N+]CCOP(=O)(OC[C@H]1O[C@@H](n2cc(C)c(=O)[nH]c2=O)C[C@H]1OC(=O)CCC(C)=O)O[C@@H]1C[C@H](n2cc(C)c(=O)[nH]c2=O)O[C@@H]1COP(=O)(O[C@@H]1C[C@H](n2ccc(NC(=O)c3ccccc3)nc2=O)O[C@@H]1CC)SCC[N+]#[C-]. The van der Waals surface area contributed by atoms with E-state index in [1.807, 2.05) is 0 Å². The molecule has 2 unspecified atom stereocenters. The number of benzene rings is 1. The third-order valence-electron chi connectivity index (χ3n) is 12.5.